The molecular weight excluding hydrogens is 330 g/mol. The number of furan rings is 1. The maximum absolute atomic E-state index is 13.6. The lowest BCUT2D eigenvalue weighted by Gasteiger charge is -2.20. The van der Waals surface area contributed by atoms with Crippen LogP contribution in [0.4, 0.5) is 8.78 Å². The minimum absolute atomic E-state index is 0.137. The molecule has 0 radical (unpaired) electrons. The maximum Gasteiger partial charge on any atom is 0.223 e. The van der Waals surface area contributed by atoms with Gasteiger partial charge in [-0.1, -0.05) is 0 Å². The van der Waals surface area contributed by atoms with Gasteiger partial charge in [-0.25, -0.2) is 8.78 Å². The molecule has 0 unspecified atom stereocenters. The van der Waals surface area contributed by atoms with E-state index in [4.69, 9.17) is 9.68 Å². The molecule has 0 aliphatic heterocycles. The Hall–Kier alpha value is -3.01. The Morgan fingerprint density at radius 1 is 1.20 bits per heavy atom. The highest BCUT2D eigenvalue weighted by Gasteiger charge is 2.18. The quantitative estimate of drug-likeness (QED) is 0.686. The number of hydrogen-bond donors (Lipinski definition) is 0. The van der Waals surface area contributed by atoms with E-state index in [0.29, 0.717) is 11.8 Å². The first-order valence-corrected chi connectivity index (χ1v) is 7.66. The Bertz CT molecular complexity index is 782. The molecule has 0 saturated heterocycles. The molecule has 1 aromatic heterocycles. The van der Waals surface area contributed by atoms with Gasteiger partial charge >= 0.3 is 0 Å². The van der Waals surface area contributed by atoms with E-state index in [2.05, 4.69) is 0 Å². The van der Waals surface area contributed by atoms with Gasteiger partial charge in [0, 0.05) is 25.5 Å². The summed E-state index contributed by atoms with van der Waals surface area (Å²) in [6.07, 6.45) is 1.28. The third-order valence-corrected chi connectivity index (χ3v) is 3.57. The van der Waals surface area contributed by atoms with Crippen molar-refractivity contribution in [3.8, 4) is 6.07 Å². The molecule has 0 bridgehead atoms. The molecule has 25 heavy (non-hydrogen) atoms. The van der Waals surface area contributed by atoms with Crippen LogP contribution >= 0.6 is 0 Å². The van der Waals surface area contributed by atoms with Crippen LogP contribution in [0.15, 0.2) is 41.0 Å². The first-order valence-electron chi connectivity index (χ1n) is 7.66. The van der Waals surface area contributed by atoms with E-state index in [-0.39, 0.29) is 43.8 Å². The van der Waals surface area contributed by atoms with Crippen molar-refractivity contribution in [2.75, 3.05) is 6.54 Å². The van der Waals surface area contributed by atoms with Crippen molar-refractivity contribution in [3.05, 3.63) is 59.6 Å². The third-order valence-electron chi connectivity index (χ3n) is 3.57. The van der Waals surface area contributed by atoms with Gasteiger partial charge in [0.05, 0.1) is 30.9 Å². The molecule has 0 spiro atoms. The Morgan fingerprint density at radius 2 is 2.00 bits per heavy atom. The van der Waals surface area contributed by atoms with Crippen LogP contribution < -0.4 is 0 Å². The number of carbonyl (C=O) groups excluding carboxylic acids is 2. The number of carbonyl (C=O) groups is 2. The lowest BCUT2D eigenvalue weighted by Crippen LogP contribution is -2.31. The summed E-state index contributed by atoms with van der Waals surface area (Å²) in [5.74, 6) is -2.09. The zero-order chi connectivity index (χ0) is 18.2. The number of amides is 1. The zero-order valence-electron chi connectivity index (χ0n) is 13.4. The Balaban J connectivity index is 1.97. The standard InChI is InChI=1S/C18H16F2N2O3/c19-13-4-5-15(16(20)11-13)17(23)6-7-18(24)22(9-2-8-21)12-14-3-1-10-25-14/h1,3-5,10-11H,2,6-7,9,12H2. The fourth-order valence-corrected chi connectivity index (χ4v) is 2.30. The van der Waals surface area contributed by atoms with Crippen LogP contribution in [0, 0.1) is 23.0 Å². The minimum Gasteiger partial charge on any atom is -0.467 e. The van der Waals surface area contributed by atoms with Crippen molar-refractivity contribution in [3.63, 3.8) is 0 Å². The molecule has 0 saturated carbocycles. The highest BCUT2D eigenvalue weighted by Crippen LogP contribution is 2.14. The van der Waals surface area contributed by atoms with Crippen LogP contribution in [-0.4, -0.2) is 23.1 Å². The summed E-state index contributed by atoms with van der Waals surface area (Å²) in [6, 6.07) is 8.03. The van der Waals surface area contributed by atoms with E-state index in [1.54, 1.807) is 12.1 Å². The number of nitrogens with zero attached hydrogens (tertiary/aromatic N) is 2. The first-order chi connectivity index (χ1) is 12.0. The van der Waals surface area contributed by atoms with Gasteiger partial charge in [-0.15, -0.1) is 0 Å². The van der Waals surface area contributed by atoms with E-state index in [0.717, 1.165) is 12.1 Å². The summed E-state index contributed by atoms with van der Waals surface area (Å²) < 4.78 is 31.7. The summed E-state index contributed by atoms with van der Waals surface area (Å²) in [6.45, 7) is 0.391. The third kappa shape index (κ3) is 5.24. The van der Waals surface area contributed by atoms with Gasteiger partial charge in [0.1, 0.15) is 17.4 Å². The largest absolute Gasteiger partial charge is 0.467 e. The highest BCUT2D eigenvalue weighted by molar-refractivity contribution is 5.98. The smallest absolute Gasteiger partial charge is 0.223 e. The molecule has 0 N–H and O–H groups in total. The minimum atomic E-state index is -0.950. The Labute approximate surface area is 143 Å². The van der Waals surface area contributed by atoms with Gasteiger partial charge in [-0.05, 0) is 24.3 Å². The summed E-state index contributed by atoms with van der Waals surface area (Å²) in [7, 11) is 0. The van der Waals surface area contributed by atoms with Gasteiger partial charge in [-0.3, -0.25) is 9.59 Å². The lowest BCUT2D eigenvalue weighted by atomic mass is 10.1. The van der Waals surface area contributed by atoms with Crippen LogP contribution in [0.25, 0.3) is 0 Å². The number of rotatable bonds is 8. The van der Waals surface area contributed by atoms with Crippen molar-refractivity contribution < 1.29 is 22.8 Å². The van der Waals surface area contributed by atoms with Crippen LogP contribution in [-0.2, 0) is 11.3 Å². The monoisotopic (exact) mass is 346 g/mol. The molecule has 0 atom stereocenters. The second-order valence-corrected chi connectivity index (χ2v) is 5.35. The number of Topliss-reactive ketones (excluding diaryl/α,β-unsaturated/α-hetero) is 1. The fourth-order valence-electron chi connectivity index (χ4n) is 2.30. The second kappa shape index (κ2) is 8.73. The molecule has 7 heteroatoms. The summed E-state index contributed by atoms with van der Waals surface area (Å²) in [4.78, 5) is 25.8. The lowest BCUT2D eigenvalue weighted by molar-refractivity contribution is -0.132. The molecule has 0 aliphatic rings. The highest BCUT2D eigenvalue weighted by atomic mass is 19.1. The first kappa shape index (κ1) is 18.3. The van der Waals surface area contributed by atoms with E-state index >= 15 is 0 Å². The summed E-state index contributed by atoms with van der Waals surface area (Å²) in [5, 5.41) is 8.70. The van der Waals surface area contributed by atoms with Crippen LogP contribution in [0.1, 0.15) is 35.4 Å². The van der Waals surface area contributed by atoms with Gasteiger partial charge in [-0.2, -0.15) is 5.26 Å². The predicted molar refractivity (Wildman–Crippen MR) is 84.3 cm³/mol. The van der Waals surface area contributed by atoms with Gasteiger partial charge in [0.15, 0.2) is 5.78 Å². The maximum atomic E-state index is 13.6. The number of ketones is 1. The zero-order valence-corrected chi connectivity index (χ0v) is 13.4. The molecule has 1 amide bonds. The average Bonchev–Trinajstić information content (AvgIpc) is 3.09. The second-order valence-electron chi connectivity index (χ2n) is 5.35. The summed E-state index contributed by atoms with van der Waals surface area (Å²) in [5.41, 5.74) is -0.246. The van der Waals surface area contributed by atoms with E-state index in [9.17, 15) is 18.4 Å². The Kier molecular flexibility index (Phi) is 6.40. The molecule has 5 nitrogen and oxygen atoms in total. The molecule has 1 aromatic carbocycles. The SMILES string of the molecule is N#CCCN(Cc1ccco1)C(=O)CCC(=O)c1ccc(F)cc1F. The van der Waals surface area contributed by atoms with Crippen LogP contribution in [0.3, 0.4) is 0 Å². The molecule has 1 heterocycles. The number of halogens is 2. The van der Waals surface area contributed by atoms with E-state index in [1.807, 2.05) is 6.07 Å². The van der Waals surface area contributed by atoms with Crippen LogP contribution in [0.2, 0.25) is 0 Å². The topological polar surface area (TPSA) is 74.3 Å². The molecular formula is C18H16F2N2O3. The van der Waals surface area contributed by atoms with E-state index in [1.165, 1.54) is 11.2 Å². The van der Waals surface area contributed by atoms with Gasteiger partial charge < -0.3 is 9.32 Å². The fraction of sp³-hybridized carbons (Fsp3) is 0.278. The van der Waals surface area contributed by atoms with E-state index < -0.39 is 17.4 Å². The normalized spacial score (nSPS) is 10.3. The summed E-state index contributed by atoms with van der Waals surface area (Å²) >= 11 is 0. The van der Waals surface area contributed by atoms with Crippen molar-refractivity contribution in [2.24, 2.45) is 0 Å². The molecule has 0 aliphatic carbocycles. The van der Waals surface area contributed by atoms with Crippen molar-refractivity contribution in [2.45, 2.75) is 25.8 Å². The van der Waals surface area contributed by atoms with Crippen molar-refractivity contribution >= 4 is 11.7 Å². The Morgan fingerprint density at radius 3 is 2.64 bits per heavy atom. The molecule has 130 valence electrons. The number of hydrogen-bond acceptors (Lipinski definition) is 4. The van der Waals surface area contributed by atoms with Crippen molar-refractivity contribution in [1.29, 1.82) is 5.26 Å². The van der Waals surface area contributed by atoms with Gasteiger partial charge in [0.25, 0.3) is 0 Å². The number of nitriles is 1. The molecule has 2 rings (SSSR count). The predicted octanol–water partition coefficient (Wildman–Crippen LogP) is 3.46. The molecule has 0 fully saturated rings. The average molecular weight is 346 g/mol. The number of benzene rings is 1. The molecule has 2 aromatic rings. The van der Waals surface area contributed by atoms with Gasteiger partial charge in [0.2, 0.25) is 5.91 Å². The van der Waals surface area contributed by atoms with Crippen LogP contribution in [0.5, 0.6) is 0 Å². The van der Waals surface area contributed by atoms with Crippen molar-refractivity contribution in [1.82, 2.24) is 4.90 Å².